The molecule has 0 aromatic heterocycles. The molecule has 10 heteroatoms. The van der Waals surface area contributed by atoms with Crippen molar-refractivity contribution < 1.29 is 28.3 Å². The maximum atomic E-state index is 13.3. The third-order valence-electron chi connectivity index (χ3n) is 3.46. The summed E-state index contributed by atoms with van der Waals surface area (Å²) in [6, 6.07) is 10.0. The number of aliphatic hydroxyl groups is 1. The largest absolute Gasteiger partial charge is 0.445 e. The predicted molar refractivity (Wildman–Crippen MR) is 92.1 cm³/mol. The molecule has 0 radical (unpaired) electrons. The van der Waals surface area contributed by atoms with Crippen molar-refractivity contribution >= 4 is 17.5 Å². The van der Waals surface area contributed by atoms with Gasteiger partial charge >= 0.3 is 6.09 Å². The van der Waals surface area contributed by atoms with Crippen molar-refractivity contribution in [1.29, 1.82) is 0 Å². The van der Waals surface area contributed by atoms with Gasteiger partial charge in [-0.15, -0.1) is 0 Å². The fraction of sp³-hybridized carbons (Fsp3) is 0.235. The smallest absolute Gasteiger partial charge is 0.407 e. The van der Waals surface area contributed by atoms with Crippen LogP contribution in [-0.2, 0) is 11.3 Å². The Morgan fingerprint density at radius 3 is 2.52 bits per heavy atom. The molecule has 2 aromatic rings. The number of hydrogen-bond acceptors (Lipinski definition) is 6. The molecular weight excluding hydrogens is 364 g/mol. The van der Waals surface area contributed by atoms with E-state index in [1.165, 1.54) is 0 Å². The van der Waals surface area contributed by atoms with Crippen LogP contribution in [0.2, 0.25) is 0 Å². The number of nitrogens with one attached hydrogen (secondary N) is 2. The van der Waals surface area contributed by atoms with Gasteiger partial charge in [0, 0.05) is 19.2 Å². The van der Waals surface area contributed by atoms with Gasteiger partial charge in [-0.1, -0.05) is 30.3 Å². The maximum absolute atomic E-state index is 13.3. The molecule has 0 aliphatic carbocycles. The molecule has 1 unspecified atom stereocenters. The van der Waals surface area contributed by atoms with E-state index in [1.807, 2.05) is 6.07 Å². The van der Waals surface area contributed by atoms with Crippen LogP contribution in [0.1, 0.15) is 5.56 Å². The Hall–Kier alpha value is -3.27. The zero-order valence-electron chi connectivity index (χ0n) is 14.0. The molecule has 0 fully saturated rings. The number of alkyl carbamates (subject to hydrolysis) is 1. The van der Waals surface area contributed by atoms with Crippen LogP contribution in [0.25, 0.3) is 0 Å². The van der Waals surface area contributed by atoms with Crippen LogP contribution in [0, 0.1) is 21.7 Å². The topological polar surface area (TPSA) is 114 Å². The van der Waals surface area contributed by atoms with Gasteiger partial charge in [0.15, 0.2) is 11.6 Å². The van der Waals surface area contributed by atoms with Gasteiger partial charge in [-0.3, -0.25) is 10.1 Å². The van der Waals surface area contributed by atoms with Crippen LogP contribution >= 0.6 is 0 Å². The number of carbonyl (C=O) groups is 1. The van der Waals surface area contributed by atoms with Gasteiger partial charge in [0.2, 0.25) is 0 Å². The van der Waals surface area contributed by atoms with E-state index >= 15 is 0 Å². The molecule has 0 saturated carbocycles. The Balaban J connectivity index is 1.79. The average Bonchev–Trinajstić information content (AvgIpc) is 2.65. The minimum Gasteiger partial charge on any atom is -0.445 e. The molecule has 1 atom stereocenters. The normalized spacial score (nSPS) is 11.5. The summed E-state index contributed by atoms with van der Waals surface area (Å²) in [5.74, 6) is -2.61. The first-order valence-electron chi connectivity index (χ1n) is 7.86. The average molecular weight is 381 g/mol. The second-order valence-electron chi connectivity index (χ2n) is 5.52. The minimum atomic E-state index is -1.35. The number of aliphatic hydroxyl groups excluding tert-OH is 1. The molecular formula is C17H17F2N3O5. The lowest BCUT2D eigenvalue weighted by molar-refractivity contribution is -0.384. The van der Waals surface area contributed by atoms with Crippen molar-refractivity contribution in [3.05, 3.63) is 69.8 Å². The summed E-state index contributed by atoms with van der Waals surface area (Å²) in [5.41, 5.74) is -0.165. The number of ether oxygens (including phenoxy) is 1. The summed E-state index contributed by atoms with van der Waals surface area (Å²) in [7, 11) is 0. The van der Waals surface area contributed by atoms with Crippen LogP contribution in [0.5, 0.6) is 0 Å². The molecule has 0 spiro atoms. The van der Waals surface area contributed by atoms with E-state index in [0.717, 1.165) is 5.56 Å². The Morgan fingerprint density at radius 2 is 1.85 bits per heavy atom. The summed E-state index contributed by atoms with van der Waals surface area (Å²) in [4.78, 5) is 21.6. The summed E-state index contributed by atoms with van der Waals surface area (Å²) in [5, 5.41) is 25.5. The highest BCUT2D eigenvalue weighted by Gasteiger charge is 2.19. The zero-order valence-corrected chi connectivity index (χ0v) is 14.0. The highest BCUT2D eigenvalue weighted by Crippen LogP contribution is 2.26. The van der Waals surface area contributed by atoms with E-state index in [1.54, 1.807) is 24.3 Å². The SMILES string of the molecule is O=C(NCC(O)CNc1cc(F)c(F)cc1[N+](=O)[O-])OCc1ccccc1. The Labute approximate surface area is 152 Å². The third-order valence-corrected chi connectivity index (χ3v) is 3.46. The van der Waals surface area contributed by atoms with Crippen molar-refractivity contribution in [3.63, 3.8) is 0 Å². The quantitative estimate of drug-likeness (QED) is 0.478. The molecule has 0 bridgehead atoms. The zero-order chi connectivity index (χ0) is 19.8. The minimum absolute atomic E-state index is 0.0576. The third kappa shape index (κ3) is 6.19. The van der Waals surface area contributed by atoms with E-state index in [4.69, 9.17) is 4.74 Å². The van der Waals surface area contributed by atoms with Crippen LogP contribution in [0.4, 0.5) is 25.0 Å². The summed E-state index contributed by atoms with van der Waals surface area (Å²) in [6.07, 6.45) is -1.90. The molecule has 0 heterocycles. The number of rotatable bonds is 8. The molecule has 27 heavy (non-hydrogen) atoms. The highest BCUT2D eigenvalue weighted by molar-refractivity contribution is 5.67. The summed E-state index contributed by atoms with van der Waals surface area (Å²) < 4.78 is 31.3. The standard InChI is InChI=1S/C17H17F2N3O5/c18-13-6-15(16(22(25)26)7-14(13)19)20-8-12(23)9-21-17(24)27-10-11-4-2-1-3-5-11/h1-7,12,20,23H,8-10H2,(H,21,24). The molecule has 1 amide bonds. The lowest BCUT2D eigenvalue weighted by atomic mass is 10.2. The Morgan fingerprint density at radius 1 is 1.19 bits per heavy atom. The maximum Gasteiger partial charge on any atom is 0.407 e. The second-order valence-corrected chi connectivity index (χ2v) is 5.52. The number of amides is 1. The highest BCUT2D eigenvalue weighted by atomic mass is 19.2. The fourth-order valence-corrected chi connectivity index (χ4v) is 2.10. The predicted octanol–water partition coefficient (Wildman–Crippen LogP) is 2.57. The van der Waals surface area contributed by atoms with Crippen molar-refractivity contribution in [2.75, 3.05) is 18.4 Å². The van der Waals surface area contributed by atoms with E-state index in [2.05, 4.69) is 10.6 Å². The molecule has 3 N–H and O–H groups in total. The molecule has 8 nitrogen and oxygen atoms in total. The molecule has 0 aliphatic rings. The van der Waals surface area contributed by atoms with E-state index in [-0.39, 0.29) is 25.4 Å². The second kappa shape index (κ2) is 9.43. The first kappa shape index (κ1) is 20.0. The first-order valence-corrected chi connectivity index (χ1v) is 7.86. The molecule has 2 rings (SSSR count). The van der Waals surface area contributed by atoms with E-state index in [0.29, 0.717) is 12.1 Å². The number of hydrogen-bond donors (Lipinski definition) is 3. The molecule has 2 aromatic carbocycles. The Bertz CT molecular complexity index is 805. The van der Waals surface area contributed by atoms with Gasteiger partial charge in [-0.05, 0) is 5.56 Å². The van der Waals surface area contributed by atoms with Crippen LogP contribution in [-0.4, -0.2) is 35.3 Å². The summed E-state index contributed by atoms with van der Waals surface area (Å²) >= 11 is 0. The van der Waals surface area contributed by atoms with Crippen molar-refractivity contribution in [2.45, 2.75) is 12.7 Å². The number of benzene rings is 2. The summed E-state index contributed by atoms with van der Waals surface area (Å²) in [6.45, 7) is -0.398. The van der Waals surface area contributed by atoms with Gasteiger partial charge in [0.05, 0.1) is 17.1 Å². The lowest BCUT2D eigenvalue weighted by Gasteiger charge is -2.14. The van der Waals surface area contributed by atoms with Gasteiger partial charge in [-0.25, -0.2) is 13.6 Å². The number of nitro groups is 1. The molecule has 144 valence electrons. The number of nitrogens with zero attached hydrogens (tertiary/aromatic N) is 1. The van der Waals surface area contributed by atoms with Gasteiger partial charge < -0.3 is 20.5 Å². The molecule has 0 aliphatic heterocycles. The monoisotopic (exact) mass is 381 g/mol. The van der Waals surface area contributed by atoms with Gasteiger partial charge in [0.1, 0.15) is 12.3 Å². The lowest BCUT2D eigenvalue weighted by Crippen LogP contribution is -2.36. The van der Waals surface area contributed by atoms with E-state index < -0.39 is 34.4 Å². The Kier molecular flexibility index (Phi) is 7.00. The van der Waals surface area contributed by atoms with Crippen molar-refractivity contribution in [1.82, 2.24) is 5.32 Å². The first-order chi connectivity index (χ1) is 12.9. The number of anilines is 1. The fourth-order valence-electron chi connectivity index (χ4n) is 2.10. The number of halogens is 2. The van der Waals surface area contributed by atoms with Crippen LogP contribution in [0.3, 0.4) is 0 Å². The number of nitro benzene ring substituents is 1. The van der Waals surface area contributed by atoms with Crippen LogP contribution < -0.4 is 10.6 Å². The number of carbonyl (C=O) groups excluding carboxylic acids is 1. The van der Waals surface area contributed by atoms with Crippen LogP contribution in [0.15, 0.2) is 42.5 Å². The van der Waals surface area contributed by atoms with Gasteiger partial charge in [-0.2, -0.15) is 0 Å². The van der Waals surface area contributed by atoms with Gasteiger partial charge in [0.25, 0.3) is 5.69 Å². The molecule has 0 saturated heterocycles. The van der Waals surface area contributed by atoms with E-state index in [9.17, 15) is 28.8 Å². The van der Waals surface area contributed by atoms with Crippen molar-refractivity contribution in [3.8, 4) is 0 Å². The van der Waals surface area contributed by atoms with Crippen molar-refractivity contribution in [2.24, 2.45) is 0 Å².